The summed E-state index contributed by atoms with van der Waals surface area (Å²) in [6.07, 6.45) is 0. The molecule has 0 spiro atoms. The number of nitrogens with zero attached hydrogens (tertiary/aromatic N) is 1. The molecule has 34 heavy (non-hydrogen) atoms. The number of carbonyl (C=O) groups is 2. The van der Waals surface area contributed by atoms with Crippen molar-refractivity contribution in [2.75, 3.05) is 12.0 Å². The molecule has 1 heterocycles. The molecule has 1 aliphatic heterocycles. The summed E-state index contributed by atoms with van der Waals surface area (Å²) in [6.45, 7) is 5.37. The molecule has 1 unspecified atom stereocenters. The van der Waals surface area contributed by atoms with Gasteiger partial charge in [-0.1, -0.05) is 29.8 Å². The fraction of sp³-hybridized carbons (Fsp3) is 0.185. The maximum absolute atomic E-state index is 14.8. The van der Waals surface area contributed by atoms with Crippen LogP contribution in [0.4, 0.5) is 14.5 Å². The topological polar surface area (TPSA) is 66.8 Å². The summed E-state index contributed by atoms with van der Waals surface area (Å²) in [7, 11) is 1.53. The SMILES string of the molecule is COc1cc(C)c(/C(O)=C2\C(=O)C(=O)N(c3ccc(F)cc3F)C2c2cccc(C)c2)cc1C. The minimum atomic E-state index is -1.11. The number of anilines is 1. The van der Waals surface area contributed by atoms with E-state index in [2.05, 4.69) is 0 Å². The van der Waals surface area contributed by atoms with Crippen LogP contribution in [0.2, 0.25) is 0 Å². The Morgan fingerprint density at radius 3 is 2.35 bits per heavy atom. The highest BCUT2D eigenvalue weighted by Crippen LogP contribution is 2.43. The Morgan fingerprint density at radius 1 is 0.971 bits per heavy atom. The van der Waals surface area contributed by atoms with Gasteiger partial charge in [-0.15, -0.1) is 0 Å². The molecular weight excluding hydrogens is 440 g/mol. The molecule has 1 saturated heterocycles. The van der Waals surface area contributed by atoms with Gasteiger partial charge in [0.1, 0.15) is 23.1 Å². The largest absolute Gasteiger partial charge is 0.507 e. The Balaban J connectivity index is 2.00. The van der Waals surface area contributed by atoms with Crippen LogP contribution in [0.15, 0.2) is 60.2 Å². The quantitative estimate of drug-likeness (QED) is 0.314. The van der Waals surface area contributed by atoms with Crippen LogP contribution in [0.25, 0.3) is 5.76 Å². The Kier molecular flexibility index (Phi) is 5.96. The van der Waals surface area contributed by atoms with Crippen LogP contribution in [0.5, 0.6) is 5.75 Å². The fourth-order valence-electron chi connectivity index (χ4n) is 4.32. The van der Waals surface area contributed by atoms with Crippen LogP contribution >= 0.6 is 0 Å². The first-order chi connectivity index (χ1) is 16.1. The highest BCUT2D eigenvalue weighted by molar-refractivity contribution is 6.51. The van der Waals surface area contributed by atoms with E-state index in [1.807, 2.05) is 13.0 Å². The second-order valence-corrected chi connectivity index (χ2v) is 8.32. The van der Waals surface area contributed by atoms with Gasteiger partial charge in [0.05, 0.1) is 24.4 Å². The molecule has 0 aliphatic carbocycles. The van der Waals surface area contributed by atoms with Gasteiger partial charge >= 0.3 is 0 Å². The number of Topliss-reactive ketones (excluding diaryl/α,β-unsaturated/α-hetero) is 1. The fourth-order valence-corrected chi connectivity index (χ4v) is 4.32. The molecule has 1 atom stereocenters. The van der Waals surface area contributed by atoms with Crippen LogP contribution in [-0.2, 0) is 9.59 Å². The molecule has 5 nitrogen and oxygen atoms in total. The van der Waals surface area contributed by atoms with Crippen molar-refractivity contribution in [1.29, 1.82) is 0 Å². The summed E-state index contributed by atoms with van der Waals surface area (Å²) >= 11 is 0. The molecule has 4 rings (SSSR count). The maximum Gasteiger partial charge on any atom is 0.300 e. The van der Waals surface area contributed by atoms with Gasteiger partial charge in [0.2, 0.25) is 0 Å². The van der Waals surface area contributed by atoms with Crippen LogP contribution in [-0.4, -0.2) is 23.9 Å². The highest BCUT2D eigenvalue weighted by atomic mass is 19.1. The number of amides is 1. The van der Waals surface area contributed by atoms with E-state index in [0.29, 0.717) is 28.5 Å². The molecule has 0 aromatic heterocycles. The molecule has 1 N–H and O–H groups in total. The number of hydrogen-bond donors (Lipinski definition) is 1. The predicted octanol–water partition coefficient (Wildman–Crippen LogP) is 5.52. The zero-order chi connectivity index (χ0) is 24.7. The van der Waals surface area contributed by atoms with Gasteiger partial charge in [0.25, 0.3) is 11.7 Å². The lowest BCUT2D eigenvalue weighted by molar-refractivity contribution is -0.132. The van der Waals surface area contributed by atoms with Crippen molar-refractivity contribution in [3.8, 4) is 5.75 Å². The number of methoxy groups -OCH3 is 1. The monoisotopic (exact) mass is 463 g/mol. The van der Waals surface area contributed by atoms with Gasteiger partial charge in [-0.3, -0.25) is 14.5 Å². The van der Waals surface area contributed by atoms with Crippen molar-refractivity contribution in [1.82, 2.24) is 0 Å². The molecule has 0 bridgehead atoms. The number of aliphatic hydroxyl groups excluding tert-OH is 1. The summed E-state index contributed by atoms with van der Waals surface area (Å²) in [4.78, 5) is 27.4. The lowest BCUT2D eigenvalue weighted by Crippen LogP contribution is -2.30. The molecule has 0 radical (unpaired) electrons. The molecule has 1 fully saturated rings. The smallest absolute Gasteiger partial charge is 0.300 e. The van der Waals surface area contributed by atoms with Crippen LogP contribution < -0.4 is 9.64 Å². The van der Waals surface area contributed by atoms with Gasteiger partial charge < -0.3 is 9.84 Å². The molecule has 3 aromatic rings. The van der Waals surface area contributed by atoms with Crippen molar-refractivity contribution in [2.45, 2.75) is 26.8 Å². The molecule has 1 amide bonds. The average Bonchev–Trinajstić information content (AvgIpc) is 3.05. The van der Waals surface area contributed by atoms with Crippen molar-refractivity contribution in [2.24, 2.45) is 0 Å². The zero-order valence-electron chi connectivity index (χ0n) is 19.1. The summed E-state index contributed by atoms with van der Waals surface area (Å²) < 4.78 is 33.7. The lowest BCUT2D eigenvalue weighted by atomic mass is 9.92. The van der Waals surface area contributed by atoms with E-state index in [4.69, 9.17) is 4.74 Å². The van der Waals surface area contributed by atoms with Crippen LogP contribution in [0.3, 0.4) is 0 Å². The normalized spacial score (nSPS) is 17.4. The van der Waals surface area contributed by atoms with Gasteiger partial charge in [0, 0.05) is 11.6 Å². The third-order valence-electron chi connectivity index (χ3n) is 5.97. The van der Waals surface area contributed by atoms with Crippen molar-refractivity contribution in [3.05, 3.63) is 99.6 Å². The molecule has 1 aliphatic rings. The molecule has 174 valence electrons. The molecular formula is C27H23F2NO4. The number of halogens is 2. The van der Waals surface area contributed by atoms with Gasteiger partial charge in [-0.25, -0.2) is 8.78 Å². The highest BCUT2D eigenvalue weighted by Gasteiger charge is 2.48. The van der Waals surface area contributed by atoms with Crippen molar-refractivity contribution < 1.29 is 28.2 Å². The first kappa shape index (κ1) is 23.2. The molecule has 7 heteroatoms. The Hall–Kier alpha value is -4.00. The number of ketones is 1. The standard InChI is InChI=1S/C27H23F2NO4/c1-14-6-5-7-17(10-14)24-23(25(31)19-11-16(3)22(34-4)12-15(19)2)26(32)27(33)30(24)21-9-8-18(28)13-20(21)29/h5-13,24,31H,1-4H3/b25-23+. The number of hydrogen-bond acceptors (Lipinski definition) is 4. The molecule has 3 aromatic carbocycles. The van der Waals surface area contributed by atoms with Gasteiger partial charge in [0.15, 0.2) is 0 Å². The zero-order valence-corrected chi connectivity index (χ0v) is 19.1. The van der Waals surface area contributed by atoms with Crippen LogP contribution in [0.1, 0.15) is 33.9 Å². The van der Waals surface area contributed by atoms with Crippen molar-refractivity contribution in [3.63, 3.8) is 0 Å². The van der Waals surface area contributed by atoms with E-state index in [-0.39, 0.29) is 17.0 Å². The van der Waals surface area contributed by atoms with E-state index < -0.39 is 29.4 Å². The number of aryl methyl sites for hydroxylation is 3. The Bertz CT molecular complexity index is 1360. The second kappa shape index (κ2) is 8.74. The van der Waals surface area contributed by atoms with E-state index in [9.17, 15) is 23.5 Å². The summed E-state index contributed by atoms with van der Waals surface area (Å²) in [5.41, 5.74) is 2.63. The van der Waals surface area contributed by atoms with Gasteiger partial charge in [-0.2, -0.15) is 0 Å². The first-order valence-corrected chi connectivity index (χ1v) is 10.6. The molecule has 0 saturated carbocycles. The predicted molar refractivity (Wildman–Crippen MR) is 125 cm³/mol. The first-order valence-electron chi connectivity index (χ1n) is 10.6. The number of rotatable bonds is 4. The van der Waals surface area contributed by atoms with Crippen LogP contribution in [0, 0.1) is 32.4 Å². The summed E-state index contributed by atoms with van der Waals surface area (Å²) in [5.74, 6) is -3.54. The second-order valence-electron chi connectivity index (χ2n) is 8.32. The van der Waals surface area contributed by atoms with Crippen molar-refractivity contribution >= 4 is 23.1 Å². The third kappa shape index (κ3) is 3.83. The third-order valence-corrected chi connectivity index (χ3v) is 5.97. The maximum atomic E-state index is 14.8. The Labute approximate surface area is 195 Å². The minimum absolute atomic E-state index is 0.174. The minimum Gasteiger partial charge on any atom is -0.507 e. The van der Waals surface area contributed by atoms with E-state index in [1.54, 1.807) is 44.2 Å². The lowest BCUT2D eigenvalue weighted by Gasteiger charge is -2.26. The van der Waals surface area contributed by atoms with E-state index in [0.717, 1.165) is 28.2 Å². The number of carbonyl (C=O) groups excluding carboxylic acids is 2. The average molecular weight is 463 g/mol. The van der Waals surface area contributed by atoms with E-state index in [1.165, 1.54) is 7.11 Å². The Morgan fingerprint density at radius 2 is 1.71 bits per heavy atom. The number of benzene rings is 3. The van der Waals surface area contributed by atoms with Gasteiger partial charge in [-0.05, 0) is 61.7 Å². The van der Waals surface area contributed by atoms with E-state index >= 15 is 0 Å². The number of aliphatic hydroxyl groups is 1. The summed E-state index contributed by atoms with van der Waals surface area (Å²) in [6, 6.07) is 12.1. The number of ether oxygens (including phenoxy) is 1. The summed E-state index contributed by atoms with van der Waals surface area (Å²) in [5, 5.41) is 11.3.